The molecule has 1 nitrogen and oxygen atoms in total. The van der Waals surface area contributed by atoms with Gasteiger partial charge in [-0.1, -0.05) is 6.42 Å². The summed E-state index contributed by atoms with van der Waals surface area (Å²) in [6.07, 6.45) is 9.04. The average Bonchev–Trinajstić information content (AvgIpc) is 2.05. The van der Waals surface area contributed by atoms with Crippen LogP contribution in [0.5, 0.6) is 0 Å². The first-order chi connectivity index (χ1) is 4.97. The first kappa shape index (κ1) is 6.66. The van der Waals surface area contributed by atoms with Gasteiger partial charge in [-0.15, -0.1) is 0 Å². The number of hydrogen-bond acceptors (Lipinski definition) is 0. The lowest BCUT2D eigenvalue weighted by molar-refractivity contribution is -0.706. The van der Waals surface area contributed by atoms with E-state index in [1.54, 1.807) is 0 Å². The van der Waals surface area contributed by atoms with Crippen molar-refractivity contribution >= 4 is 0 Å². The zero-order chi connectivity index (χ0) is 6.81. The van der Waals surface area contributed by atoms with Crippen LogP contribution in [-0.4, -0.2) is 12.6 Å². The van der Waals surface area contributed by atoms with Gasteiger partial charge >= 0.3 is 0 Å². The van der Waals surface area contributed by atoms with Crippen molar-refractivity contribution in [3.05, 3.63) is 0 Å². The molecule has 2 unspecified atom stereocenters. The summed E-state index contributed by atoms with van der Waals surface area (Å²) in [7, 11) is 0. The molecule has 1 heterocycles. The van der Waals surface area contributed by atoms with Crippen molar-refractivity contribution in [2.75, 3.05) is 6.54 Å². The highest BCUT2D eigenvalue weighted by Gasteiger charge is 2.29. The number of rotatable bonds is 0. The van der Waals surface area contributed by atoms with E-state index < -0.39 is 0 Å². The largest absolute Gasteiger partial charge is 0.344 e. The highest BCUT2D eigenvalue weighted by atomic mass is 14.9. The summed E-state index contributed by atoms with van der Waals surface area (Å²) in [5, 5.41) is 2.59. The molecule has 0 aromatic rings. The minimum Gasteiger partial charge on any atom is -0.344 e. The van der Waals surface area contributed by atoms with Crippen molar-refractivity contribution in [3.8, 4) is 0 Å². The van der Waals surface area contributed by atoms with Crippen molar-refractivity contribution in [2.45, 2.75) is 44.6 Å². The van der Waals surface area contributed by atoms with E-state index in [9.17, 15) is 0 Å². The predicted octanol–water partition coefficient (Wildman–Crippen LogP) is 0.902. The molecule has 0 aromatic carbocycles. The Balaban J connectivity index is 1.93. The van der Waals surface area contributed by atoms with E-state index in [1.165, 1.54) is 45.1 Å². The molecule has 1 saturated heterocycles. The van der Waals surface area contributed by atoms with E-state index in [0.29, 0.717) is 0 Å². The quantitative estimate of drug-likeness (QED) is 0.515. The lowest BCUT2D eigenvalue weighted by Crippen LogP contribution is -2.93. The van der Waals surface area contributed by atoms with Crippen LogP contribution in [0.2, 0.25) is 0 Å². The number of nitrogens with two attached hydrogens (primary N) is 1. The van der Waals surface area contributed by atoms with Gasteiger partial charge in [0.05, 0.1) is 12.6 Å². The van der Waals surface area contributed by atoms with Crippen LogP contribution in [0.25, 0.3) is 0 Å². The van der Waals surface area contributed by atoms with Crippen LogP contribution in [0.3, 0.4) is 0 Å². The second kappa shape index (κ2) is 2.91. The van der Waals surface area contributed by atoms with Crippen molar-refractivity contribution in [1.29, 1.82) is 0 Å². The van der Waals surface area contributed by atoms with Gasteiger partial charge in [0, 0.05) is 5.92 Å². The molecule has 2 aliphatic rings. The van der Waals surface area contributed by atoms with Crippen LogP contribution in [0.15, 0.2) is 0 Å². The summed E-state index contributed by atoms with van der Waals surface area (Å²) >= 11 is 0. The predicted molar refractivity (Wildman–Crippen MR) is 41.8 cm³/mol. The summed E-state index contributed by atoms with van der Waals surface area (Å²) in [6, 6.07) is 1.03. The molecule has 2 rings (SSSR count). The molecule has 2 fully saturated rings. The molecule has 0 amide bonds. The maximum absolute atomic E-state index is 2.59. The van der Waals surface area contributed by atoms with Gasteiger partial charge in [-0.05, 0) is 32.1 Å². The van der Waals surface area contributed by atoms with Crippen LogP contribution in [0, 0.1) is 5.92 Å². The van der Waals surface area contributed by atoms with Gasteiger partial charge in [-0.25, -0.2) is 0 Å². The van der Waals surface area contributed by atoms with E-state index in [1.807, 2.05) is 0 Å². The fourth-order valence-electron chi connectivity index (χ4n) is 2.62. The minimum atomic E-state index is 1.03. The van der Waals surface area contributed by atoms with Gasteiger partial charge < -0.3 is 5.32 Å². The molecule has 0 radical (unpaired) electrons. The molecular formula is C9H18N+. The third kappa shape index (κ3) is 1.20. The average molecular weight is 140 g/mol. The van der Waals surface area contributed by atoms with E-state index in [2.05, 4.69) is 5.32 Å². The topological polar surface area (TPSA) is 16.6 Å². The van der Waals surface area contributed by atoms with Gasteiger partial charge in [-0.3, -0.25) is 0 Å². The molecule has 1 saturated carbocycles. The molecule has 58 valence electrons. The van der Waals surface area contributed by atoms with Gasteiger partial charge in [0.2, 0.25) is 0 Å². The molecule has 0 aromatic heterocycles. The van der Waals surface area contributed by atoms with Crippen molar-refractivity contribution in [3.63, 3.8) is 0 Å². The standard InChI is InChI=1S/C9H17N/c1-2-6-9-8(4-1)5-3-7-10-9/h8-10H,1-7H2/p+1. The molecule has 10 heavy (non-hydrogen) atoms. The van der Waals surface area contributed by atoms with Gasteiger partial charge in [-0.2, -0.15) is 0 Å². The van der Waals surface area contributed by atoms with Gasteiger partial charge in [0.25, 0.3) is 0 Å². The number of fused-ring (bicyclic) bond motifs is 1. The van der Waals surface area contributed by atoms with Crippen molar-refractivity contribution < 1.29 is 5.32 Å². The van der Waals surface area contributed by atoms with E-state index in [0.717, 1.165) is 12.0 Å². The van der Waals surface area contributed by atoms with Crippen LogP contribution in [0.1, 0.15) is 38.5 Å². The summed E-state index contributed by atoms with van der Waals surface area (Å²) in [6.45, 7) is 1.40. The van der Waals surface area contributed by atoms with Gasteiger partial charge in [0.1, 0.15) is 0 Å². The van der Waals surface area contributed by atoms with Crippen LogP contribution < -0.4 is 5.32 Å². The zero-order valence-corrected chi connectivity index (χ0v) is 6.68. The van der Waals surface area contributed by atoms with Crippen LogP contribution >= 0.6 is 0 Å². The summed E-state index contributed by atoms with van der Waals surface area (Å²) in [5.74, 6) is 1.10. The fourth-order valence-corrected chi connectivity index (χ4v) is 2.62. The minimum absolute atomic E-state index is 1.03. The SMILES string of the molecule is C1CCC2[NH2+]CCCC2C1. The fraction of sp³-hybridized carbons (Fsp3) is 1.00. The lowest BCUT2D eigenvalue weighted by Gasteiger charge is -2.33. The highest BCUT2D eigenvalue weighted by Crippen LogP contribution is 2.27. The van der Waals surface area contributed by atoms with Crippen molar-refractivity contribution in [1.82, 2.24) is 0 Å². The monoisotopic (exact) mass is 140 g/mol. The molecule has 1 aliphatic heterocycles. The summed E-state index contributed by atoms with van der Waals surface area (Å²) in [4.78, 5) is 0. The Morgan fingerprint density at radius 1 is 0.900 bits per heavy atom. The summed E-state index contributed by atoms with van der Waals surface area (Å²) < 4.78 is 0. The van der Waals surface area contributed by atoms with Crippen molar-refractivity contribution in [2.24, 2.45) is 5.92 Å². The van der Waals surface area contributed by atoms with E-state index in [4.69, 9.17) is 0 Å². The molecule has 0 bridgehead atoms. The number of piperidine rings is 1. The highest BCUT2D eigenvalue weighted by molar-refractivity contribution is 4.75. The number of hydrogen-bond donors (Lipinski definition) is 1. The third-order valence-corrected chi connectivity index (χ3v) is 3.22. The normalized spacial score (nSPS) is 40.8. The molecule has 1 heteroatoms. The first-order valence-corrected chi connectivity index (χ1v) is 4.80. The first-order valence-electron chi connectivity index (χ1n) is 4.80. The molecule has 2 atom stereocenters. The van der Waals surface area contributed by atoms with E-state index >= 15 is 0 Å². The Kier molecular flexibility index (Phi) is 1.94. The smallest absolute Gasteiger partial charge is 0.0887 e. The Hall–Kier alpha value is -0.0400. The maximum atomic E-state index is 2.59. The Labute approximate surface area is 63.2 Å². The zero-order valence-electron chi connectivity index (χ0n) is 6.68. The molecule has 1 aliphatic carbocycles. The van der Waals surface area contributed by atoms with Crippen LogP contribution in [0.4, 0.5) is 0 Å². The Bertz CT molecular complexity index is 85.3. The lowest BCUT2D eigenvalue weighted by atomic mass is 9.80. The number of quaternary nitrogens is 1. The Morgan fingerprint density at radius 2 is 1.70 bits per heavy atom. The van der Waals surface area contributed by atoms with Crippen LogP contribution in [-0.2, 0) is 0 Å². The van der Waals surface area contributed by atoms with E-state index in [-0.39, 0.29) is 0 Å². The second-order valence-corrected chi connectivity index (χ2v) is 3.87. The Morgan fingerprint density at radius 3 is 2.60 bits per heavy atom. The maximum Gasteiger partial charge on any atom is 0.0887 e. The summed E-state index contributed by atoms with van der Waals surface area (Å²) in [5.41, 5.74) is 0. The molecule has 0 spiro atoms. The van der Waals surface area contributed by atoms with Gasteiger partial charge in [0.15, 0.2) is 0 Å². The third-order valence-electron chi connectivity index (χ3n) is 3.22. The molecule has 2 N–H and O–H groups in total. The second-order valence-electron chi connectivity index (χ2n) is 3.87. The molecular weight excluding hydrogens is 122 g/mol.